The summed E-state index contributed by atoms with van der Waals surface area (Å²) in [5.41, 5.74) is 2.19. The number of hydrogen-bond donors (Lipinski definition) is 2. The number of carbonyl (C=O) groups excluding carboxylic acids is 1. The first-order valence-electron chi connectivity index (χ1n) is 7.54. The number of rotatable bonds is 5. The van der Waals surface area contributed by atoms with Crippen LogP contribution in [0.5, 0.6) is 0 Å². The predicted octanol–water partition coefficient (Wildman–Crippen LogP) is 4.92. The maximum atomic E-state index is 12.9. The molecule has 0 fully saturated rings. The summed E-state index contributed by atoms with van der Waals surface area (Å²) in [4.78, 5) is 17.3. The van der Waals surface area contributed by atoms with Gasteiger partial charge in [-0.05, 0) is 42.8 Å². The third kappa shape index (κ3) is 4.35. The van der Waals surface area contributed by atoms with E-state index in [9.17, 15) is 9.18 Å². The Labute approximate surface area is 153 Å². The Balaban J connectivity index is 1.68. The van der Waals surface area contributed by atoms with Crippen LogP contribution in [-0.2, 0) is 6.54 Å². The summed E-state index contributed by atoms with van der Waals surface area (Å²) < 4.78 is 12.9. The van der Waals surface area contributed by atoms with Crippen LogP contribution in [0.1, 0.15) is 20.9 Å². The summed E-state index contributed by atoms with van der Waals surface area (Å²) in [7, 11) is 0. The molecule has 2 N–H and O–H groups in total. The molecule has 1 aromatic heterocycles. The molecule has 0 aliphatic carbocycles. The van der Waals surface area contributed by atoms with Gasteiger partial charge in [0.05, 0.1) is 5.69 Å². The van der Waals surface area contributed by atoms with E-state index in [0.29, 0.717) is 33.0 Å². The number of thiazole rings is 1. The molecule has 0 atom stereocenters. The topological polar surface area (TPSA) is 54.0 Å². The lowest BCUT2D eigenvalue weighted by atomic mass is 10.2. The van der Waals surface area contributed by atoms with E-state index in [2.05, 4.69) is 15.6 Å². The van der Waals surface area contributed by atoms with Gasteiger partial charge in [-0.15, -0.1) is 0 Å². The summed E-state index contributed by atoms with van der Waals surface area (Å²) in [6, 6.07) is 13.3. The maximum absolute atomic E-state index is 12.9. The van der Waals surface area contributed by atoms with Crippen LogP contribution in [-0.4, -0.2) is 10.9 Å². The van der Waals surface area contributed by atoms with Crippen LogP contribution in [0.25, 0.3) is 0 Å². The van der Waals surface area contributed by atoms with Crippen molar-refractivity contribution in [3.8, 4) is 0 Å². The molecule has 3 aromatic rings. The van der Waals surface area contributed by atoms with Gasteiger partial charge in [-0.2, -0.15) is 0 Å². The van der Waals surface area contributed by atoms with Gasteiger partial charge in [0.1, 0.15) is 10.7 Å². The Morgan fingerprint density at radius 3 is 2.64 bits per heavy atom. The zero-order valence-electron chi connectivity index (χ0n) is 13.3. The fourth-order valence-electron chi connectivity index (χ4n) is 2.21. The number of amides is 1. The molecule has 0 bridgehead atoms. The van der Waals surface area contributed by atoms with Crippen molar-refractivity contribution in [3.63, 3.8) is 0 Å². The van der Waals surface area contributed by atoms with Crippen molar-refractivity contribution in [2.24, 2.45) is 0 Å². The van der Waals surface area contributed by atoms with Crippen LogP contribution in [0.15, 0.2) is 48.5 Å². The van der Waals surface area contributed by atoms with Crippen molar-refractivity contribution in [1.82, 2.24) is 10.3 Å². The highest BCUT2D eigenvalue weighted by molar-refractivity contribution is 7.17. The number of hydrogen-bond acceptors (Lipinski definition) is 4. The van der Waals surface area contributed by atoms with Crippen LogP contribution in [0.4, 0.5) is 15.2 Å². The van der Waals surface area contributed by atoms with Crippen LogP contribution >= 0.6 is 22.9 Å². The van der Waals surface area contributed by atoms with Crippen molar-refractivity contribution < 1.29 is 9.18 Å². The van der Waals surface area contributed by atoms with E-state index in [1.165, 1.54) is 23.5 Å². The molecule has 2 aromatic carbocycles. The van der Waals surface area contributed by atoms with Gasteiger partial charge >= 0.3 is 0 Å². The van der Waals surface area contributed by atoms with E-state index in [4.69, 9.17) is 11.6 Å². The van der Waals surface area contributed by atoms with Gasteiger partial charge < -0.3 is 10.6 Å². The van der Waals surface area contributed by atoms with Gasteiger partial charge in [0.2, 0.25) is 0 Å². The quantitative estimate of drug-likeness (QED) is 0.665. The molecule has 0 radical (unpaired) electrons. The Kier molecular flexibility index (Phi) is 5.31. The smallest absolute Gasteiger partial charge is 0.263 e. The molecule has 3 rings (SSSR count). The fourth-order valence-corrected chi connectivity index (χ4v) is 3.32. The van der Waals surface area contributed by atoms with E-state index >= 15 is 0 Å². The Bertz CT molecular complexity index is 896. The van der Waals surface area contributed by atoms with Gasteiger partial charge in [0, 0.05) is 17.3 Å². The molecule has 0 spiro atoms. The first-order valence-corrected chi connectivity index (χ1v) is 8.74. The second-order valence-electron chi connectivity index (χ2n) is 5.34. The number of nitrogens with one attached hydrogen (secondary N) is 2. The highest BCUT2D eigenvalue weighted by atomic mass is 35.5. The van der Waals surface area contributed by atoms with Crippen LogP contribution in [0.2, 0.25) is 5.02 Å². The van der Waals surface area contributed by atoms with E-state index in [1.807, 2.05) is 18.2 Å². The average Bonchev–Trinajstić information content (AvgIpc) is 2.96. The molecule has 0 unspecified atom stereocenters. The van der Waals surface area contributed by atoms with Crippen molar-refractivity contribution in [1.29, 1.82) is 0 Å². The number of aromatic nitrogens is 1. The second-order valence-corrected chi connectivity index (χ2v) is 6.75. The number of halogens is 2. The Morgan fingerprint density at radius 2 is 1.92 bits per heavy atom. The van der Waals surface area contributed by atoms with Crippen molar-refractivity contribution >= 4 is 39.7 Å². The van der Waals surface area contributed by atoms with E-state index < -0.39 is 0 Å². The molecule has 0 aliphatic rings. The minimum Gasteiger partial charge on any atom is -0.347 e. The van der Waals surface area contributed by atoms with Gasteiger partial charge in [0.15, 0.2) is 5.13 Å². The molecule has 7 heteroatoms. The number of nitrogens with zero attached hydrogens (tertiary/aromatic N) is 1. The lowest BCUT2D eigenvalue weighted by Gasteiger charge is -2.05. The number of carbonyl (C=O) groups is 1. The van der Waals surface area contributed by atoms with Crippen molar-refractivity contribution in [2.45, 2.75) is 13.5 Å². The van der Waals surface area contributed by atoms with Gasteiger partial charge in [-0.1, -0.05) is 41.1 Å². The summed E-state index contributed by atoms with van der Waals surface area (Å²) in [5, 5.41) is 7.11. The van der Waals surface area contributed by atoms with E-state index in [0.717, 1.165) is 5.56 Å². The van der Waals surface area contributed by atoms with Crippen LogP contribution in [0.3, 0.4) is 0 Å². The third-order valence-corrected chi connectivity index (χ3v) is 4.94. The molecule has 1 amide bonds. The zero-order chi connectivity index (χ0) is 17.8. The number of aryl methyl sites for hydroxylation is 1. The summed E-state index contributed by atoms with van der Waals surface area (Å²) in [6.45, 7) is 2.12. The first kappa shape index (κ1) is 17.4. The number of anilines is 2. The molecule has 4 nitrogen and oxygen atoms in total. The molecule has 0 saturated carbocycles. The minimum absolute atomic E-state index is 0.206. The van der Waals surface area contributed by atoms with Gasteiger partial charge in [-0.25, -0.2) is 9.37 Å². The lowest BCUT2D eigenvalue weighted by Crippen LogP contribution is -2.22. The van der Waals surface area contributed by atoms with Gasteiger partial charge in [0.25, 0.3) is 5.91 Å². The highest BCUT2D eigenvalue weighted by Gasteiger charge is 2.15. The van der Waals surface area contributed by atoms with Crippen LogP contribution < -0.4 is 10.6 Å². The lowest BCUT2D eigenvalue weighted by molar-refractivity contribution is 0.0954. The predicted molar refractivity (Wildman–Crippen MR) is 99.2 cm³/mol. The fraction of sp³-hybridized carbons (Fsp3) is 0.111. The molecule has 1 heterocycles. The second kappa shape index (κ2) is 7.63. The van der Waals surface area contributed by atoms with Crippen molar-refractivity contribution in [3.05, 3.63) is 75.5 Å². The van der Waals surface area contributed by atoms with Gasteiger partial charge in [-0.3, -0.25) is 4.79 Å². The normalized spacial score (nSPS) is 10.5. The van der Waals surface area contributed by atoms with E-state index in [1.54, 1.807) is 25.1 Å². The third-order valence-electron chi connectivity index (χ3n) is 3.50. The number of benzene rings is 2. The SMILES string of the molecule is Cc1nc(Nc2ccc(F)cc2)sc1C(=O)NCc1ccccc1Cl. The molecule has 0 aliphatic heterocycles. The minimum atomic E-state index is -0.305. The summed E-state index contributed by atoms with van der Waals surface area (Å²) >= 11 is 7.34. The van der Waals surface area contributed by atoms with Crippen molar-refractivity contribution in [2.75, 3.05) is 5.32 Å². The molecule has 0 saturated heterocycles. The summed E-state index contributed by atoms with van der Waals surface area (Å²) in [5.74, 6) is -0.511. The molecular weight excluding hydrogens is 361 g/mol. The molecule has 128 valence electrons. The summed E-state index contributed by atoms with van der Waals surface area (Å²) in [6.07, 6.45) is 0. The Hall–Kier alpha value is -2.44. The Morgan fingerprint density at radius 1 is 1.20 bits per heavy atom. The zero-order valence-corrected chi connectivity index (χ0v) is 14.9. The maximum Gasteiger partial charge on any atom is 0.263 e. The standard InChI is InChI=1S/C18H15ClFN3OS/c1-11-16(17(24)21-10-12-4-2-3-5-15(12)19)25-18(22-11)23-14-8-6-13(20)7-9-14/h2-9H,10H2,1H3,(H,21,24)(H,22,23). The largest absolute Gasteiger partial charge is 0.347 e. The molecular formula is C18H15ClFN3OS. The van der Waals surface area contributed by atoms with Crippen LogP contribution in [0, 0.1) is 12.7 Å². The monoisotopic (exact) mass is 375 g/mol. The average molecular weight is 376 g/mol. The van der Waals surface area contributed by atoms with E-state index in [-0.39, 0.29) is 11.7 Å². The first-order chi connectivity index (χ1) is 12.0. The highest BCUT2D eigenvalue weighted by Crippen LogP contribution is 2.26. The molecule has 25 heavy (non-hydrogen) atoms.